The first-order valence-corrected chi connectivity index (χ1v) is 10.9. The summed E-state index contributed by atoms with van der Waals surface area (Å²) in [6, 6.07) is -2.31. The first-order valence-electron chi connectivity index (χ1n) is 10.9. The van der Waals surface area contributed by atoms with E-state index in [0.717, 1.165) is 4.57 Å². The third kappa shape index (κ3) is 9.25. The molecular weight excluding hydrogens is 462 g/mol. The first kappa shape index (κ1) is 29.4. The Labute approximate surface area is 202 Å². The van der Waals surface area contributed by atoms with E-state index in [0.29, 0.717) is 13.2 Å². The number of Topliss-reactive ketones (excluding diaryl/α,β-unsaturated/α-hetero) is 1. The van der Waals surface area contributed by atoms with Crippen LogP contribution in [0.1, 0.15) is 32.7 Å². The largest absolute Gasteiger partial charge is 0.481 e. The summed E-state index contributed by atoms with van der Waals surface area (Å²) in [5.41, 5.74) is -0.477. The molecule has 194 valence electrons. The molecule has 14 nitrogen and oxygen atoms in total. The lowest BCUT2D eigenvalue weighted by Gasteiger charge is -2.24. The number of carboxylic acids is 1. The van der Waals surface area contributed by atoms with Crippen molar-refractivity contribution in [2.45, 2.75) is 38.8 Å². The molecule has 0 aliphatic rings. The molecule has 1 aromatic rings. The van der Waals surface area contributed by atoms with Crippen LogP contribution in [0.3, 0.4) is 0 Å². The van der Waals surface area contributed by atoms with Crippen LogP contribution < -0.4 is 16.2 Å². The predicted molar refractivity (Wildman–Crippen MR) is 129 cm³/mol. The Morgan fingerprint density at radius 3 is 2.63 bits per heavy atom. The molecule has 0 saturated heterocycles. The van der Waals surface area contributed by atoms with Crippen LogP contribution in [0.5, 0.6) is 0 Å². The number of nitrogens with zero attached hydrogens (tertiary/aromatic N) is 4. The van der Waals surface area contributed by atoms with Crippen molar-refractivity contribution in [1.29, 1.82) is 5.41 Å². The molecule has 0 aliphatic heterocycles. The standard InChI is InChI=1S/C21H33N7O7/c1-5-16(28-7-6-23-19(21(28)33)24-11-15(26-34)13(2)22)20(32)25-14(10-18(30)31)17(29)12-27(3)8-9-35-4/h6-7,14,16,22,34H,5,8-12H2,1-4H3,(H,23,24)(H,25,32)(H,30,31)/p+1/b22-13?,26-15-. The summed E-state index contributed by atoms with van der Waals surface area (Å²) in [5, 5.41) is 32.3. The van der Waals surface area contributed by atoms with E-state index in [1.165, 1.54) is 26.4 Å². The molecule has 14 heteroatoms. The Hall–Kier alpha value is -3.65. The van der Waals surface area contributed by atoms with Gasteiger partial charge in [-0.25, -0.2) is 4.98 Å². The molecule has 2 unspecified atom stereocenters. The molecule has 35 heavy (non-hydrogen) atoms. The number of anilines is 1. The molecule has 1 heterocycles. The number of aliphatic carboxylic acids is 1. The van der Waals surface area contributed by atoms with Gasteiger partial charge in [0.2, 0.25) is 5.91 Å². The minimum atomic E-state index is -1.28. The number of hydrogen-bond acceptors (Lipinski definition) is 10. The van der Waals surface area contributed by atoms with Gasteiger partial charge in [-0.05, 0) is 20.4 Å². The Morgan fingerprint density at radius 1 is 1.40 bits per heavy atom. The molecule has 0 bridgehead atoms. The number of aromatic nitrogens is 2. The zero-order valence-corrected chi connectivity index (χ0v) is 20.3. The lowest BCUT2D eigenvalue weighted by molar-refractivity contribution is -0.140. The van der Waals surface area contributed by atoms with Gasteiger partial charge in [-0.15, -0.1) is 0 Å². The van der Waals surface area contributed by atoms with Crippen LogP contribution in [-0.4, -0.2) is 100 Å². The number of ketones is 1. The van der Waals surface area contributed by atoms with Crippen molar-refractivity contribution in [3.05, 3.63) is 22.7 Å². The maximum absolute atomic E-state index is 13.0. The lowest BCUT2D eigenvalue weighted by Crippen LogP contribution is -2.49. The van der Waals surface area contributed by atoms with E-state index in [1.54, 1.807) is 18.9 Å². The summed E-state index contributed by atoms with van der Waals surface area (Å²) in [6.07, 6.45) is 2.19. The van der Waals surface area contributed by atoms with Crippen molar-refractivity contribution >= 4 is 34.9 Å². The second-order valence-electron chi connectivity index (χ2n) is 7.81. The average molecular weight is 497 g/mol. The fourth-order valence-corrected chi connectivity index (χ4v) is 3.11. The molecule has 0 radical (unpaired) electrons. The highest BCUT2D eigenvalue weighted by Gasteiger charge is 2.29. The number of methoxy groups -OCH3 is 1. The quantitative estimate of drug-likeness (QED) is 0.124. The van der Waals surface area contributed by atoms with Crippen molar-refractivity contribution in [2.75, 3.05) is 45.7 Å². The van der Waals surface area contributed by atoms with Gasteiger partial charge in [0.15, 0.2) is 17.3 Å². The topological polar surface area (TPSA) is 202 Å². The third-order valence-corrected chi connectivity index (χ3v) is 5.07. The number of likely N-dealkylation sites (N-methyl/N-ethyl adjacent to an activating group) is 1. The number of amides is 1. The van der Waals surface area contributed by atoms with Gasteiger partial charge in [-0.2, -0.15) is 0 Å². The highest BCUT2D eigenvalue weighted by atomic mass is 16.5. The fraction of sp³-hybridized carbons (Fsp3) is 0.571. The Balaban J connectivity index is 3.07. The predicted octanol–water partition coefficient (Wildman–Crippen LogP) is -1.17. The van der Waals surface area contributed by atoms with Crippen LogP contribution in [0.2, 0.25) is 0 Å². The van der Waals surface area contributed by atoms with E-state index in [2.05, 4.69) is 20.8 Å². The highest BCUT2D eigenvalue weighted by Crippen LogP contribution is 2.11. The zero-order chi connectivity index (χ0) is 26.5. The number of rotatable bonds is 16. The molecule has 1 rings (SSSR count). The summed E-state index contributed by atoms with van der Waals surface area (Å²) in [6.45, 7) is 3.77. The van der Waals surface area contributed by atoms with Gasteiger partial charge in [-0.3, -0.25) is 28.6 Å². The number of carbonyl (C=O) groups is 3. The minimum absolute atomic E-state index is 0.0524. The number of hydrogen-bond donors (Lipinski definition) is 4. The molecule has 0 saturated carbocycles. The van der Waals surface area contributed by atoms with Crippen molar-refractivity contribution in [3.8, 4) is 0 Å². The first-order chi connectivity index (χ1) is 16.5. The fourth-order valence-electron chi connectivity index (χ4n) is 3.11. The molecule has 2 atom stereocenters. The van der Waals surface area contributed by atoms with E-state index in [9.17, 15) is 24.3 Å². The van der Waals surface area contributed by atoms with Crippen LogP contribution >= 0.6 is 0 Å². The summed E-state index contributed by atoms with van der Waals surface area (Å²) in [4.78, 5) is 55.6. The smallest absolute Gasteiger partial charge is 0.305 e. The molecular formula is C21H34N7O7+. The van der Waals surface area contributed by atoms with Crippen LogP contribution in [-0.2, 0) is 19.1 Å². The summed E-state index contributed by atoms with van der Waals surface area (Å²) >= 11 is 0. The Bertz CT molecular complexity index is 992. The number of carbonyl (C=O) groups excluding carboxylic acids is 2. The SMILES string of the molecule is CCC(C(=O)NC(CC(=O)O)C(=O)CN(C)CCOC)n1ccnc(NC/C(=N/[OH2+])C(C)=N)c1=O. The van der Waals surface area contributed by atoms with Gasteiger partial charge in [0.25, 0.3) is 5.56 Å². The normalized spacial score (nSPS) is 13.2. The second kappa shape index (κ2) is 14.6. The van der Waals surface area contributed by atoms with Gasteiger partial charge in [-0.1, -0.05) is 6.92 Å². The van der Waals surface area contributed by atoms with Gasteiger partial charge < -0.3 is 31.1 Å². The van der Waals surface area contributed by atoms with E-state index in [-0.39, 0.29) is 36.8 Å². The van der Waals surface area contributed by atoms with Crippen LogP contribution in [0.25, 0.3) is 0 Å². The van der Waals surface area contributed by atoms with Gasteiger partial charge in [0, 0.05) is 26.0 Å². The van der Waals surface area contributed by atoms with Crippen LogP contribution in [0, 0.1) is 5.41 Å². The van der Waals surface area contributed by atoms with Crippen molar-refractivity contribution < 1.29 is 29.4 Å². The number of carboxylic acid groups (broad SMARTS) is 1. The van der Waals surface area contributed by atoms with E-state index < -0.39 is 41.7 Å². The second-order valence-corrected chi connectivity index (χ2v) is 7.81. The Morgan fingerprint density at radius 2 is 2.09 bits per heavy atom. The van der Waals surface area contributed by atoms with Crippen molar-refractivity contribution in [3.63, 3.8) is 0 Å². The average Bonchev–Trinajstić information content (AvgIpc) is 2.79. The van der Waals surface area contributed by atoms with Crippen molar-refractivity contribution in [1.82, 2.24) is 19.8 Å². The minimum Gasteiger partial charge on any atom is -0.481 e. The van der Waals surface area contributed by atoms with Gasteiger partial charge >= 0.3 is 5.97 Å². The van der Waals surface area contributed by atoms with E-state index in [1.807, 2.05) is 0 Å². The Kier molecular flexibility index (Phi) is 12.2. The zero-order valence-electron chi connectivity index (χ0n) is 20.3. The molecule has 1 amide bonds. The molecule has 6 N–H and O–H groups in total. The maximum Gasteiger partial charge on any atom is 0.305 e. The molecule has 0 spiro atoms. The molecule has 0 aliphatic carbocycles. The number of ether oxygens (including phenoxy) is 1. The highest BCUT2D eigenvalue weighted by molar-refractivity contribution is 6.41. The monoisotopic (exact) mass is 496 g/mol. The third-order valence-electron chi connectivity index (χ3n) is 5.07. The molecule has 0 aromatic carbocycles. The lowest BCUT2D eigenvalue weighted by atomic mass is 10.1. The van der Waals surface area contributed by atoms with Crippen LogP contribution in [0.4, 0.5) is 5.82 Å². The van der Waals surface area contributed by atoms with Crippen molar-refractivity contribution in [2.24, 2.45) is 5.16 Å². The molecule has 0 fully saturated rings. The van der Waals surface area contributed by atoms with Gasteiger partial charge in [0.1, 0.15) is 6.04 Å². The van der Waals surface area contributed by atoms with E-state index >= 15 is 0 Å². The maximum atomic E-state index is 13.0. The van der Waals surface area contributed by atoms with Crippen LogP contribution in [0.15, 0.2) is 22.3 Å². The summed E-state index contributed by atoms with van der Waals surface area (Å²) in [5.74, 6) is -2.53. The summed E-state index contributed by atoms with van der Waals surface area (Å²) < 4.78 is 6.09. The van der Waals surface area contributed by atoms with E-state index in [4.69, 9.17) is 15.4 Å². The van der Waals surface area contributed by atoms with Gasteiger partial charge in [0.05, 0.1) is 43.0 Å². The molecule has 1 aromatic heterocycles. The summed E-state index contributed by atoms with van der Waals surface area (Å²) in [7, 11) is 3.19. The number of nitrogens with one attached hydrogen (secondary N) is 3.